The van der Waals surface area contributed by atoms with Crippen molar-refractivity contribution in [2.75, 3.05) is 5.33 Å². The van der Waals surface area contributed by atoms with Crippen LogP contribution < -0.4 is 0 Å². The van der Waals surface area contributed by atoms with Gasteiger partial charge >= 0.3 is 0 Å². The quantitative estimate of drug-likeness (QED) is 0.666. The summed E-state index contributed by atoms with van der Waals surface area (Å²) in [6.45, 7) is 2.16. The lowest BCUT2D eigenvalue weighted by Crippen LogP contribution is -2.55. The molecule has 0 spiro atoms. The molecule has 0 aliphatic heterocycles. The Morgan fingerprint density at radius 3 is 2.67 bits per heavy atom. The molecule has 5 atom stereocenters. The van der Waals surface area contributed by atoms with Gasteiger partial charge in [0.2, 0.25) is 0 Å². The van der Waals surface area contributed by atoms with Gasteiger partial charge in [0.1, 0.15) is 5.78 Å². The second-order valence-corrected chi connectivity index (χ2v) is 9.06. The summed E-state index contributed by atoms with van der Waals surface area (Å²) in [6.07, 6.45) is 8.42. The van der Waals surface area contributed by atoms with E-state index in [2.05, 4.69) is 22.9 Å². The first-order chi connectivity index (χ1) is 11.4. The summed E-state index contributed by atoms with van der Waals surface area (Å²) < 4.78 is 0. The van der Waals surface area contributed by atoms with Crippen LogP contribution in [-0.2, 0) is 14.4 Å². The second-order valence-electron chi connectivity index (χ2n) is 8.50. The molecule has 4 rings (SSSR count). The Morgan fingerprint density at radius 1 is 1.12 bits per heavy atom. The average Bonchev–Trinajstić information content (AvgIpc) is 2.89. The average molecular weight is 393 g/mol. The van der Waals surface area contributed by atoms with E-state index in [1.807, 2.05) is 0 Å². The van der Waals surface area contributed by atoms with E-state index in [0.29, 0.717) is 48.1 Å². The van der Waals surface area contributed by atoms with Crippen LogP contribution in [0.5, 0.6) is 0 Å². The molecule has 4 aliphatic carbocycles. The lowest BCUT2D eigenvalue weighted by Gasteiger charge is -2.57. The highest BCUT2D eigenvalue weighted by Crippen LogP contribution is 2.64. The fraction of sp³-hybridized carbons (Fsp3) is 0.750. The Balaban J connectivity index is 1.78. The number of carbonyl (C=O) groups is 3. The first-order valence-electron chi connectivity index (χ1n) is 9.30. The Kier molecular flexibility index (Phi) is 3.91. The Bertz CT molecular complexity index is 651. The third-order valence-corrected chi connectivity index (χ3v) is 8.33. The van der Waals surface area contributed by atoms with E-state index in [-0.39, 0.29) is 17.0 Å². The molecule has 0 aromatic heterocycles. The van der Waals surface area contributed by atoms with Crippen molar-refractivity contribution >= 4 is 33.3 Å². The van der Waals surface area contributed by atoms with Gasteiger partial charge in [0.15, 0.2) is 11.6 Å². The lowest BCUT2D eigenvalue weighted by atomic mass is 9.46. The van der Waals surface area contributed by atoms with Gasteiger partial charge in [-0.25, -0.2) is 0 Å². The van der Waals surface area contributed by atoms with Crippen molar-refractivity contribution in [2.24, 2.45) is 28.6 Å². The maximum atomic E-state index is 13.1. The number of rotatable bonds is 2. The number of hydrogen-bond donors (Lipinski definition) is 0. The van der Waals surface area contributed by atoms with Crippen molar-refractivity contribution in [3.8, 4) is 0 Å². The van der Waals surface area contributed by atoms with E-state index in [1.165, 1.54) is 0 Å². The third kappa shape index (κ3) is 2.04. The Hall–Kier alpha value is -0.770. The van der Waals surface area contributed by atoms with Gasteiger partial charge in [-0.2, -0.15) is 0 Å². The summed E-state index contributed by atoms with van der Waals surface area (Å²) in [4.78, 5) is 37.5. The monoisotopic (exact) mass is 392 g/mol. The smallest absolute Gasteiger partial charge is 0.155 e. The van der Waals surface area contributed by atoms with Crippen LogP contribution in [0.4, 0.5) is 0 Å². The van der Waals surface area contributed by atoms with Crippen molar-refractivity contribution < 1.29 is 14.4 Å². The first kappa shape index (κ1) is 16.7. The zero-order valence-corrected chi connectivity index (χ0v) is 15.9. The lowest BCUT2D eigenvalue weighted by molar-refractivity contribution is -0.140. The van der Waals surface area contributed by atoms with E-state index < -0.39 is 5.41 Å². The zero-order chi connectivity index (χ0) is 17.1. The molecule has 24 heavy (non-hydrogen) atoms. The number of Topliss-reactive ketones (excluding diaryl/α,β-unsaturated/α-hetero) is 2. The molecule has 0 bridgehead atoms. The molecule has 0 aromatic rings. The molecule has 4 aliphatic rings. The SMILES string of the molecule is C[C@]12CCC3C(CCC4=CC(=O)CC[C@@]43C(=O)CBr)C1CCC2=O. The van der Waals surface area contributed by atoms with Crippen molar-refractivity contribution in [3.05, 3.63) is 11.6 Å². The maximum Gasteiger partial charge on any atom is 0.155 e. The molecule has 3 fully saturated rings. The summed E-state index contributed by atoms with van der Waals surface area (Å²) in [7, 11) is 0. The largest absolute Gasteiger partial charge is 0.299 e. The van der Waals surface area contributed by atoms with Crippen LogP contribution in [0.25, 0.3) is 0 Å². The van der Waals surface area contributed by atoms with Gasteiger partial charge < -0.3 is 0 Å². The molecule has 0 heterocycles. The van der Waals surface area contributed by atoms with Gasteiger partial charge in [-0.3, -0.25) is 14.4 Å². The molecule has 0 radical (unpaired) electrons. The van der Waals surface area contributed by atoms with Crippen LogP contribution in [0, 0.1) is 28.6 Å². The van der Waals surface area contributed by atoms with Crippen LogP contribution >= 0.6 is 15.9 Å². The van der Waals surface area contributed by atoms with Crippen molar-refractivity contribution in [2.45, 2.75) is 58.3 Å². The Labute approximate surface area is 151 Å². The minimum absolute atomic E-state index is 0.161. The number of carbonyl (C=O) groups excluding carboxylic acids is 3. The predicted molar refractivity (Wildman–Crippen MR) is 94.8 cm³/mol. The molecular formula is C20H25BrO3. The van der Waals surface area contributed by atoms with Crippen LogP contribution in [0.2, 0.25) is 0 Å². The standard InChI is InChI=1S/C20H25BrO3/c1-19-8-7-16-14(15(19)4-5-17(19)23)3-2-12-10-13(22)6-9-20(12,16)18(24)11-21/h10,14-16H,2-9,11H2,1H3/t14?,15?,16?,19-,20+/m0/s1. The molecule has 3 nitrogen and oxygen atoms in total. The van der Waals surface area contributed by atoms with Gasteiger partial charge in [-0.15, -0.1) is 0 Å². The normalized spacial score (nSPS) is 44.4. The first-order valence-corrected chi connectivity index (χ1v) is 10.4. The number of fused-ring (bicyclic) bond motifs is 5. The minimum Gasteiger partial charge on any atom is -0.299 e. The highest BCUT2D eigenvalue weighted by atomic mass is 79.9. The number of alkyl halides is 1. The molecule has 0 amide bonds. The fourth-order valence-corrected chi connectivity index (χ4v) is 7.13. The highest BCUT2D eigenvalue weighted by Gasteiger charge is 2.61. The molecule has 3 saturated carbocycles. The number of hydrogen-bond acceptors (Lipinski definition) is 3. The predicted octanol–water partition coefficient (Wildman–Crippen LogP) is 4.03. The molecular weight excluding hydrogens is 368 g/mol. The topological polar surface area (TPSA) is 51.2 Å². The van der Waals surface area contributed by atoms with Crippen molar-refractivity contribution in [1.29, 1.82) is 0 Å². The van der Waals surface area contributed by atoms with Crippen LogP contribution in [-0.4, -0.2) is 22.7 Å². The fourth-order valence-electron chi connectivity index (χ4n) is 6.63. The van der Waals surface area contributed by atoms with Crippen LogP contribution in [0.15, 0.2) is 11.6 Å². The van der Waals surface area contributed by atoms with E-state index in [9.17, 15) is 14.4 Å². The van der Waals surface area contributed by atoms with Crippen LogP contribution in [0.3, 0.4) is 0 Å². The van der Waals surface area contributed by atoms with E-state index in [0.717, 1.165) is 37.7 Å². The summed E-state index contributed by atoms with van der Waals surface area (Å²) in [5, 5.41) is 0.364. The van der Waals surface area contributed by atoms with Gasteiger partial charge in [-0.1, -0.05) is 28.4 Å². The highest BCUT2D eigenvalue weighted by molar-refractivity contribution is 9.09. The number of halogens is 1. The molecule has 4 heteroatoms. The summed E-state index contributed by atoms with van der Waals surface area (Å²) >= 11 is 3.40. The summed E-state index contributed by atoms with van der Waals surface area (Å²) in [6, 6.07) is 0. The Morgan fingerprint density at radius 2 is 1.92 bits per heavy atom. The van der Waals surface area contributed by atoms with Crippen molar-refractivity contribution in [1.82, 2.24) is 0 Å². The zero-order valence-electron chi connectivity index (χ0n) is 14.3. The molecule has 0 saturated heterocycles. The minimum atomic E-state index is -0.437. The maximum absolute atomic E-state index is 13.1. The van der Waals surface area contributed by atoms with Crippen LogP contribution in [0.1, 0.15) is 58.3 Å². The van der Waals surface area contributed by atoms with E-state index in [1.54, 1.807) is 6.08 Å². The number of allylic oxidation sites excluding steroid dienone is 1. The van der Waals surface area contributed by atoms with E-state index in [4.69, 9.17) is 0 Å². The van der Waals surface area contributed by atoms with Crippen molar-refractivity contribution in [3.63, 3.8) is 0 Å². The third-order valence-electron chi connectivity index (χ3n) is 7.82. The number of ketones is 3. The van der Waals surface area contributed by atoms with Gasteiger partial charge in [0.05, 0.1) is 10.7 Å². The van der Waals surface area contributed by atoms with Gasteiger partial charge in [-0.05, 0) is 62.4 Å². The second kappa shape index (κ2) is 5.62. The molecule has 0 N–H and O–H groups in total. The van der Waals surface area contributed by atoms with E-state index >= 15 is 0 Å². The summed E-state index contributed by atoms with van der Waals surface area (Å²) in [5.41, 5.74) is 0.496. The molecule has 0 aromatic carbocycles. The van der Waals surface area contributed by atoms with Gasteiger partial charge in [0.25, 0.3) is 0 Å². The van der Waals surface area contributed by atoms with Gasteiger partial charge in [0, 0.05) is 18.3 Å². The molecule has 130 valence electrons. The molecule has 3 unspecified atom stereocenters. The summed E-state index contributed by atoms with van der Waals surface area (Å²) in [5.74, 6) is 2.08.